The first-order chi connectivity index (χ1) is 17.5. The van der Waals surface area contributed by atoms with Crippen LogP contribution in [0.25, 0.3) is 0 Å². The number of piperidine rings is 1. The molecule has 2 aliphatic heterocycles. The number of nitrogens with zero attached hydrogens (tertiary/aromatic N) is 3. The van der Waals surface area contributed by atoms with E-state index in [0.717, 1.165) is 36.9 Å². The van der Waals surface area contributed by atoms with Gasteiger partial charge >= 0.3 is 6.18 Å². The zero-order valence-corrected chi connectivity index (χ0v) is 21.7. The highest BCUT2D eigenvalue weighted by Crippen LogP contribution is 2.49. The quantitative estimate of drug-likeness (QED) is 0.511. The van der Waals surface area contributed by atoms with E-state index < -0.39 is 22.8 Å². The van der Waals surface area contributed by atoms with Crippen LogP contribution in [0.15, 0.2) is 35.3 Å². The summed E-state index contributed by atoms with van der Waals surface area (Å²) in [5.74, 6) is 0.885. The monoisotopic (exact) mass is 530 g/mol. The fourth-order valence-corrected chi connectivity index (χ4v) is 6.01. The third-order valence-electron chi connectivity index (χ3n) is 8.49. The molecule has 2 atom stereocenters. The van der Waals surface area contributed by atoms with Crippen molar-refractivity contribution in [3.8, 4) is 0 Å². The van der Waals surface area contributed by atoms with E-state index in [4.69, 9.17) is 16.6 Å². The average molecular weight is 531 g/mol. The van der Waals surface area contributed by atoms with E-state index in [-0.39, 0.29) is 11.9 Å². The van der Waals surface area contributed by atoms with Crippen molar-refractivity contribution in [3.05, 3.63) is 57.9 Å². The Morgan fingerprint density at radius 1 is 1.16 bits per heavy atom. The second kappa shape index (κ2) is 8.45. The van der Waals surface area contributed by atoms with Crippen LogP contribution in [0.4, 0.5) is 18.9 Å². The second-order valence-corrected chi connectivity index (χ2v) is 12.0. The Balaban J connectivity index is 1.30. The van der Waals surface area contributed by atoms with Crippen LogP contribution < -0.4 is 10.2 Å². The lowest BCUT2D eigenvalue weighted by Crippen LogP contribution is -2.53. The predicted octanol–water partition coefficient (Wildman–Crippen LogP) is 6.06. The number of aromatic nitrogens is 1. The van der Waals surface area contributed by atoms with E-state index in [1.807, 2.05) is 19.1 Å². The van der Waals surface area contributed by atoms with Gasteiger partial charge in [-0.1, -0.05) is 24.6 Å². The van der Waals surface area contributed by atoms with E-state index in [1.165, 1.54) is 24.5 Å². The summed E-state index contributed by atoms with van der Waals surface area (Å²) < 4.78 is 40.2. The van der Waals surface area contributed by atoms with Crippen molar-refractivity contribution in [2.24, 2.45) is 10.9 Å². The van der Waals surface area contributed by atoms with Crippen LogP contribution in [0.5, 0.6) is 0 Å². The van der Waals surface area contributed by atoms with E-state index >= 15 is 0 Å². The number of carbonyl (C=O) groups excluding carboxylic acids is 1. The fraction of sp³-hybridized carbons (Fsp3) is 0.536. The summed E-state index contributed by atoms with van der Waals surface area (Å²) in [6.45, 7) is 4.65. The molecule has 2 saturated carbocycles. The minimum absolute atomic E-state index is 0.0326. The summed E-state index contributed by atoms with van der Waals surface area (Å²) >= 11 is 6.37. The molecule has 9 heteroatoms. The summed E-state index contributed by atoms with van der Waals surface area (Å²) in [7, 11) is 0. The first kappa shape index (κ1) is 24.7. The van der Waals surface area contributed by atoms with E-state index in [0.29, 0.717) is 41.5 Å². The number of alkyl halides is 3. The number of hydrogen-bond acceptors (Lipinski definition) is 4. The minimum atomic E-state index is -4.53. The van der Waals surface area contributed by atoms with Gasteiger partial charge < -0.3 is 10.2 Å². The van der Waals surface area contributed by atoms with E-state index in [1.54, 1.807) is 0 Å². The lowest BCUT2D eigenvalue weighted by molar-refractivity contribution is -0.141. The number of halogens is 4. The van der Waals surface area contributed by atoms with Gasteiger partial charge in [-0.3, -0.25) is 9.79 Å². The van der Waals surface area contributed by atoms with Gasteiger partial charge in [0.2, 0.25) is 0 Å². The lowest BCUT2D eigenvalue weighted by Gasteiger charge is -2.42. The third kappa shape index (κ3) is 4.51. The van der Waals surface area contributed by atoms with Gasteiger partial charge in [0, 0.05) is 40.7 Å². The van der Waals surface area contributed by atoms with Crippen LogP contribution in [0.3, 0.4) is 0 Å². The average Bonchev–Trinajstić information content (AvgIpc) is 3.77. The number of hydrogen-bond donors (Lipinski definition) is 1. The Kier molecular flexibility index (Phi) is 5.64. The number of aliphatic imine (C=N–C) groups is 1. The van der Waals surface area contributed by atoms with Gasteiger partial charge in [-0.05, 0) is 81.2 Å². The summed E-state index contributed by atoms with van der Waals surface area (Å²) in [5.41, 5.74) is 0.992. The Bertz CT molecular complexity index is 1300. The Hall–Kier alpha value is -2.61. The van der Waals surface area contributed by atoms with Crippen LogP contribution in [0, 0.1) is 5.92 Å². The summed E-state index contributed by atoms with van der Waals surface area (Å²) in [4.78, 5) is 24.6. The highest BCUT2D eigenvalue weighted by Gasteiger charge is 2.50. The first-order valence-corrected chi connectivity index (χ1v) is 13.4. The standard InChI is InChI=1S/C28H30ClF3N4O/c1-16-15-27(11-12-36(16)21-14-19(29)6-5-18(21)13-17-3-4-17)25(37)34-24(35-27)20-7-8-22(28(30,31)32)33-23(20)26(2)9-10-26/h5-8,14,16-17H,3-4,9-13,15H2,1-2H3,(H,34,35,37)/t16-,27+/m0/s1. The molecule has 6 rings (SSSR count). The van der Waals surface area contributed by atoms with Crippen LogP contribution in [0.1, 0.15) is 74.9 Å². The second-order valence-electron chi connectivity index (χ2n) is 11.5. The van der Waals surface area contributed by atoms with Crippen molar-refractivity contribution in [3.63, 3.8) is 0 Å². The number of rotatable bonds is 5. The molecule has 1 aromatic carbocycles. The van der Waals surface area contributed by atoms with Crippen molar-refractivity contribution in [1.82, 2.24) is 10.3 Å². The first-order valence-electron chi connectivity index (χ1n) is 13.0. The summed E-state index contributed by atoms with van der Waals surface area (Å²) in [6, 6.07) is 8.51. The Morgan fingerprint density at radius 2 is 1.92 bits per heavy atom. The number of pyridine rings is 1. The maximum atomic E-state index is 13.4. The predicted molar refractivity (Wildman–Crippen MR) is 137 cm³/mol. The molecule has 2 aliphatic carbocycles. The molecule has 0 unspecified atom stereocenters. The molecule has 2 aromatic rings. The van der Waals surface area contributed by atoms with Crippen LogP contribution in [-0.4, -0.2) is 34.9 Å². The highest BCUT2D eigenvalue weighted by atomic mass is 35.5. The van der Waals surface area contributed by atoms with E-state index in [9.17, 15) is 18.0 Å². The molecule has 1 saturated heterocycles. The number of benzene rings is 1. The molecule has 0 bridgehead atoms. The molecule has 1 spiro atoms. The third-order valence-corrected chi connectivity index (χ3v) is 8.72. The van der Waals surface area contributed by atoms with Gasteiger partial charge in [0.15, 0.2) is 0 Å². The number of nitrogens with one attached hydrogen (secondary N) is 1. The fourth-order valence-electron chi connectivity index (χ4n) is 5.84. The van der Waals surface area contributed by atoms with Crippen molar-refractivity contribution in [2.45, 2.75) is 82.0 Å². The molecule has 5 nitrogen and oxygen atoms in total. The number of anilines is 1. The molecule has 1 amide bonds. The maximum Gasteiger partial charge on any atom is 0.433 e. The van der Waals surface area contributed by atoms with Crippen LogP contribution >= 0.6 is 11.6 Å². The van der Waals surface area contributed by atoms with Crippen molar-refractivity contribution in [2.75, 3.05) is 11.4 Å². The molecular weight excluding hydrogens is 501 g/mol. The normalized spacial score (nSPS) is 26.9. The van der Waals surface area contributed by atoms with E-state index in [2.05, 4.69) is 28.2 Å². The van der Waals surface area contributed by atoms with Crippen molar-refractivity contribution < 1.29 is 18.0 Å². The smallest absolute Gasteiger partial charge is 0.368 e. The van der Waals surface area contributed by atoms with Gasteiger partial charge in [-0.25, -0.2) is 4.98 Å². The molecule has 0 radical (unpaired) electrons. The zero-order valence-electron chi connectivity index (χ0n) is 21.0. The molecule has 37 heavy (non-hydrogen) atoms. The van der Waals surface area contributed by atoms with Crippen LogP contribution in [-0.2, 0) is 22.8 Å². The molecule has 1 N–H and O–H groups in total. The molecule has 196 valence electrons. The number of amidine groups is 1. The lowest BCUT2D eigenvalue weighted by atomic mass is 9.83. The molecule has 3 fully saturated rings. The van der Waals surface area contributed by atoms with Gasteiger partial charge in [0.05, 0.1) is 5.69 Å². The van der Waals surface area contributed by atoms with Gasteiger partial charge in [-0.15, -0.1) is 0 Å². The molecule has 4 aliphatic rings. The highest BCUT2D eigenvalue weighted by molar-refractivity contribution is 6.30. The van der Waals surface area contributed by atoms with Crippen LogP contribution in [0.2, 0.25) is 5.02 Å². The van der Waals surface area contributed by atoms with Crippen molar-refractivity contribution in [1.29, 1.82) is 0 Å². The minimum Gasteiger partial charge on any atom is -0.368 e. The zero-order chi connectivity index (χ0) is 26.2. The van der Waals surface area contributed by atoms with Gasteiger partial charge in [-0.2, -0.15) is 13.2 Å². The maximum absolute atomic E-state index is 13.4. The van der Waals surface area contributed by atoms with Gasteiger partial charge in [0.1, 0.15) is 17.1 Å². The topological polar surface area (TPSA) is 57.6 Å². The SMILES string of the molecule is C[C@H]1C[C@@]2(CCN1c1cc(Cl)ccc1CC1CC1)N=C(c1ccc(C(F)(F)F)nc1C1(C)CC1)NC2=O. The van der Waals surface area contributed by atoms with Gasteiger partial charge in [0.25, 0.3) is 5.91 Å². The Labute approximate surface area is 219 Å². The van der Waals surface area contributed by atoms with Crippen molar-refractivity contribution >= 4 is 29.0 Å². The molecule has 1 aromatic heterocycles. The number of amides is 1. The summed E-state index contributed by atoms with van der Waals surface area (Å²) in [5, 5.41) is 3.60. The molecular formula is C28H30ClF3N4O. The number of carbonyl (C=O) groups is 1. The largest absolute Gasteiger partial charge is 0.433 e. The Morgan fingerprint density at radius 3 is 2.57 bits per heavy atom. The molecule has 3 heterocycles. The summed E-state index contributed by atoms with van der Waals surface area (Å²) in [6.07, 6.45) is 1.58.